The minimum atomic E-state index is -1.18. The monoisotopic (exact) mass is 477 g/mol. The van der Waals surface area contributed by atoms with Gasteiger partial charge in [-0.05, 0) is 40.8 Å². The summed E-state index contributed by atoms with van der Waals surface area (Å²) in [5.41, 5.74) is 0.912. The topological polar surface area (TPSA) is 92.6 Å². The van der Waals surface area contributed by atoms with Crippen molar-refractivity contribution in [2.75, 3.05) is 18.5 Å². The molecule has 138 valence electrons. The Kier molecular flexibility index (Phi) is 5.53. The van der Waals surface area contributed by atoms with E-state index >= 15 is 0 Å². The standard InChI is InChI=1S/C16H14F2IN3O4/c17-9-7-8(19)1-2-10(9)20-14-12(15(24)21-26-6-5-23)11-3-4-22(11)16(25)13(14)18/h1-2,7,20,23H,3-6H2,(H,21,24). The molecular formula is C16H14F2IN3O4. The number of nitrogens with one attached hydrogen (secondary N) is 2. The number of anilines is 2. The number of hydroxylamine groups is 1. The van der Waals surface area contributed by atoms with Crippen LogP contribution in [0.1, 0.15) is 16.1 Å². The van der Waals surface area contributed by atoms with Gasteiger partial charge in [-0.2, -0.15) is 4.39 Å². The predicted molar refractivity (Wildman–Crippen MR) is 97.3 cm³/mol. The summed E-state index contributed by atoms with van der Waals surface area (Å²) in [5, 5.41) is 11.2. The highest BCUT2D eigenvalue weighted by Gasteiger charge is 2.31. The zero-order chi connectivity index (χ0) is 18.8. The number of aliphatic hydroxyl groups is 1. The maximum absolute atomic E-state index is 14.6. The second-order valence-electron chi connectivity index (χ2n) is 5.47. The Hall–Kier alpha value is -2.05. The van der Waals surface area contributed by atoms with Crippen molar-refractivity contribution >= 4 is 39.9 Å². The molecule has 2 heterocycles. The summed E-state index contributed by atoms with van der Waals surface area (Å²) in [7, 11) is 0. The molecule has 7 nitrogen and oxygen atoms in total. The number of fused-ring (bicyclic) bond motifs is 1. The van der Waals surface area contributed by atoms with Gasteiger partial charge in [0.15, 0.2) is 0 Å². The maximum atomic E-state index is 14.6. The molecule has 10 heteroatoms. The van der Waals surface area contributed by atoms with Gasteiger partial charge in [0.2, 0.25) is 5.82 Å². The van der Waals surface area contributed by atoms with Crippen molar-refractivity contribution in [3.63, 3.8) is 0 Å². The summed E-state index contributed by atoms with van der Waals surface area (Å²) in [6.07, 6.45) is 0.391. The van der Waals surface area contributed by atoms with Crippen molar-refractivity contribution < 1.29 is 23.5 Å². The molecule has 1 aliphatic rings. The van der Waals surface area contributed by atoms with Crippen LogP contribution < -0.4 is 16.4 Å². The molecule has 0 radical (unpaired) electrons. The van der Waals surface area contributed by atoms with E-state index in [1.807, 2.05) is 22.6 Å². The van der Waals surface area contributed by atoms with Crippen LogP contribution in [0.25, 0.3) is 0 Å². The number of rotatable bonds is 6. The summed E-state index contributed by atoms with van der Waals surface area (Å²) in [4.78, 5) is 29.3. The molecule has 1 aromatic heterocycles. The van der Waals surface area contributed by atoms with E-state index in [4.69, 9.17) is 9.94 Å². The van der Waals surface area contributed by atoms with E-state index in [0.717, 1.165) is 4.57 Å². The fraction of sp³-hybridized carbons (Fsp3) is 0.250. The molecule has 0 bridgehead atoms. The normalized spacial score (nSPS) is 12.3. The molecule has 3 N–H and O–H groups in total. The van der Waals surface area contributed by atoms with Crippen molar-refractivity contribution in [3.8, 4) is 0 Å². The van der Waals surface area contributed by atoms with Crippen molar-refractivity contribution in [2.24, 2.45) is 0 Å². The molecule has 26 heavy (non-hydrogen) atoms. The highest BCUT2D eigenvalue weighted by Crippen LogP contribution is 2.30. The van der Waals surface area contributed by atoms with Crippen molar-refractivity contribution in [1.82, 2.24) is 10.0 Å². The maximum Gasteiger partial charge on any atom is 0.289 e. The first kappa shape index (κ1) is 18.7. The first-order chi connectivity index (χ1) is 12.4. The lowest BCUT2D eigenvalue weighted by atomic mass is 10.0. The van der Waals surface area contributed by atoms with Crippen LogP contribution in [0.3, 0.4) is 0 Å². The number of pyridine rings is 1. The SMILES string of the molecule is O=C(NOCCO)c1c(Nc2ccc(I)cc2F)c(F)c(=O)n2c1CC2. The average molecular weight is 477 g/mol. The second kappa shape index (κ2) is 7.68. The largest absolute Gasteiger partial charge is 0.394 e. The number of nitrogens with zero attached hydrogens (tertiary/aromatic N) is 1. The Bertz CT molecular complexity index is 933. The molecule has 2 aromatic rings. The minimum absolute atomic E-state index is 0.0710. The third-order valence-electron chi connectivity index (χ3n) is 3.87. The van der Waals surface area contributed by atoms with Crippen LogP contribution in [-0.2, 0) is 17.8 Å². The molecule has 0 atom stereocenters. The van der Waals surface area contributed by atoms with E-state index in [1.165, 1.54) is 12.1 Å². The van der Waals surface area contributed by atoms with Crippen LogP contribution in [0.4, 0.5) is 20.2 Å². The van der Waals surface area contributed by atoms with E-state index in [2.05, 4.69) is 10.8 Å². The molecular weight excluding hydrogens is 463 g/mol. The van der Waals surface area contributed by atoms with Crippen molar-refractivity contribution in [1.29, 1.82) is 0 Å². The second-order valence-corrected chi connectivity index (χ2v) is 6.72. The average Bonchev–Trinajstić information content (AvgIpc) is 2.57. The lowest BCUT2D eigenvalue weighted by Gasteiger charge is -2.27. The number of amides is 1. The Morgan fingerprint density at radius 1 is 1.38 bits per heavy atom. The van der Waals surface area contributed by atoms with E-state index in [9.17, 15) is 18.4 Å². The first-order valence-corrected chi connectivity index (χ1v) is 8.72. The molecule has 3 rings (SSSR count). The number of benzene rings is 1. The quantitative estimate of drug-likeness (QED) is 0.335. The Balaban J connectivity index is 2.05. The summed E-state index contributed by atoms with van der Waals surface area (Å²) < 4.78 is 30.5. The molecule has 0 saturated carbocycles. The van der Waals surface area contributed by atoms with Gasteiger partial charge in [0.25, 0.3) is 11.5 Å². The summed E-state index contributed by atoms with van der Waals surface area (Å²) in [6.45, 7) is -0.182. The van der Waals surface area contributed by atoms with E-state index in [-0.39, 0.29) is 24.5 Å². The number of aromatic nitrogens is 1. The lowest BCUT2D eigenvalue weighted by Crippen LogP contribution is -2.40. The van der Waals surface area contributed by atoms with Crippen LogP contribution in [0, 0.1) is 15.2 Å². The van der Waals surface area contributed by atoms with Crippen LogP contribution in [0.5, 0.6) is 0 Å². The van der Waals surface area contributed by atoms with Gasteiger partial charge in [-0.1, -0.05) is 0 Å². The van der Waals surface area contributed by atoms with E-state index < -0.39 is 28.8 Å². The van der Waals surface area contributed by atoms with Gasteiger partial charge in [-0.3, -0.25) is 14.4 Å². The molecule has 1 aromatic carbocycles. The van der Waals surface area contributed by atoms with E-state index in [0.29, 0.717) is 22.2 Å². The summed E-state index contributed by atoms with van der Waals surface area (Å²) >= 11 is 1.92. The summed E-state index contributed by atoms with van der Waals surface area (Å²) in [5.74, 6) is -2.63. The predicted octanol–water partition coefficient (Wildman–Crippen LogP) is 1.68. The first-order valence-electron chi connectivity index (χ1n) is 7.64. The number of aliphatic hydroxyl groups excluding tert-OH is 1. The zero-order valence-electron chi connectivity index (χ0n) is 13.3. The Morgan fingerprint density at radius 3 is 2.77 bits per heavy atom. The Labute approximate surface area is 160 Å². The Morgan fingerprint density at radius 2 is 2.15 bits per heavy atom. The number of halogens is 3. The van der Waals surface area contributed by atoms with Gasteiger partial charge in [-0.15, -0.1) is 0 Å². The smallest absolute Gasteiger partial charge is 0.289 e. The highest BCUT2D eigenvalue weighted by atomic mass is 127. The molecule has 0 saturated heterocycles. The molecule has 0 fully saturated rings. The summed E-state index contributed by atoms with van der Waals surface area (Å²) in [6, 6.07) is 4.22. The third-order valence-corrected chi connectivity index (χ3v) is 4.54. The molecule has 1 amide bonds. The number of carbonyl (C=O) groups excluding carboxylic acids is 1. The highest BCUT2D eigenvalue weighted by molar-refractivity contribution is 14.1. The minimum Gasteiger partial charge on any atom is -0.394 e. The lowest BCUT2D eigenvalue weighted by molar-refractivity contribution is 0.0166. The molecule has 0 aliphatic carbocycles. The molecule has 0 unspecified atom stereocenters. The number of hydrogen-bond donors (Lipinski definition) is 3. The van der Waals surface area contributed by atoms with Crippen LogP contribution in [-0.4, -0.2) is 28.8 Å². The van der Waals surface area contributed by atoms with Crippen LogP contribution in [0.15, 0.2) is 23.0 Å². The van der Waals surface area contributed by atoms with E-state index in [1.54, 1.807) is 6.07 Å². The zero-order valence-corrected chi connectivity index (χ0v) is 15.5. The third kappa shape index (κ3) is 3.44. The van der Waals surface area contributed by atoms with Crippen molar-refractivity contribution in [2.45, 2.75) is 13.0 Å². The fourth-order valence-electron chi connectivity index (χ4n) is 2.60. The van der Waals surface area contributed by atoms with Gasteiger partial charge >= 0.3 is 0 Å². The van der Waals surface area contributed by atoms with Gasteiger partial charge in [0.05, 0.1) is 30.2 Å². The molecule has 0 spiro atoms. The van der Waals surface area contributed by atoms with Gasteiger partial charge in [0, 0.05) is 22.2 Å². The molecule has 1 aliphatic heterocycles. The fourth-order valence-corrected chi connectivity index (χ4v) is 3.05. The van der Waals surface area contributed by atoms with Gasteiger partial charge in [0.1, 0.15) is 5.82 Å². The van der Waals surface area contributed by atoms with Gasteiger partial charge in [-0.25, -0.2) is 9.87 Å². The van der Waals surface area contributed by atoms with Gasteiger partial charge < -0.3 is 15.0 Å². The van der Waals surface area contributed by atoms with Crippen molar-refractivity contribution in [3.05, 3.63) is 55.0 Å². The number of hydrogen-bond acceptors (Lipinski definition) is 5. The van der Waals surface area contributed by atoms with Crippen LogP contribution in [0.2, 0.25) is 0 Å². The number of carbonyl (C=O) groups is 1. The van der Waals surface area contributed by atoms with Crippen LogP contribution >= 0.6 is 22.6 Å².